The third kappa shape index (κ3) is 4.73. The second-order valence-electron chi connectivity index (χ2n) is 6.90. The van der Waals surface area contributed by atoms with Gasteiger partial charge in [0.25, 0.3) is 0 Å². The van der Waals surface area contributed by atoms with Gasteiger partial charge in [-0.2, -0.15) is 0 Å². The molecule has 2 aromatic carbocycles. The fraction of sp³-hybridized carbons (Fsp3) is 0.409. The molecule has 1 aliphatic rings. The summed E-state index contributed by atoms with van der Waals surface area (Å²) in [5.41, 5.74) is 4.67. The average molecular weight is 368 g/mol. The topological polar surface area (TPSA) is 59.6 Å². The highest BCUT2D eigenvalue weighted by molar-refractivity contribution is 5.90. The van der Waals surface area contributed by atoms with Gasteiger partial charge in [-0.15, -0.1) is 0 Å². The molecule has 1 atom stereocenters. The Morgan fingerprint density at radius 2 is 1.67 bits per heavy atom. The van der Waals surface area contributed by atoms with E-state index < -0.39 is 0 Å². The van der Waals surface area contributed by atoms with Gasteiger partial charge in [-0.25, -0.2) is 4.79 Å². The lowest BCUT2D eigenvalue weighted by atomic mass is 9.89. The van der Waals surface area contributed by atoms with E-state index in [1.165, 1.54) is 24.0 Å². The first-order valence-electron chi connectivity index (χ1n) is 9.55. The van der Waals surface area contributed by atoms with Gasteiger partial charge in [0.1, 0.15) is 11.5 Å². The summed E-state index contributed by atoms with van der Waals surface area (Å²) in [5.74, 6) is 1.26. The van der Waals surface area contributed by atoms with Crippen molar-refractivity contribution in [1.29, 1.82) is 0 Å². The summed E-state index contributed by atoms with van der Waals surface area (Å²) in [7, 11) is 3.17. The molecule has 2 amide bonds. The zero-order valence-corrected chi connectivity index (χ0v) is 16.3. The summed E-state index contributed by atoms with van der Waals surface area (Å²) < 4.78 is 10.5. The third-order valence-corrected chi connectivity index (χ3v) is 5.10. The summed E-state index contributed by atoms with van der Waals surface area (Å²) in [5, 5.41) is 5.96. The lowest BCUT2D eigenvalue weighted by molar-refractivity contribution is 0.248. The molecule has 0 bridgehead atoms. The molecule has 0 saturated heterocycles. The molecule has 1 unspecified atom stereocenters. The molecule has 0 saturated carbocycles. The van der Waals surface area contributed by atoms with E-state index in [0.29, 0.717) is 17.2 Å². The predicted octanol–water partition coefficient (Wildman–Crippen LogP) is 4.86. The molecule has 2 N–H and O–H groups in total. The van der Waals surface area contributed by atoms with Crippen molar-refractivity contribution in [3.63, 3.8) is 0 Å². The molecule has 0 fully saturated rings. The monoisotopic (exact) mass is 368 g/mol. The number of carbonyl (C=O) groups is 1. The van der Waals surface area contributed by atoms with E-state index in [2.05, 4.69) is 35.8 Å². The van der Waals surface area contributed by atoms with E-state index >= 15 is 0 Å². The average Bonchev–Trinajstić information content (AvgIpc) is 2.71. The number of benzene rings is 2. The molecule has 144 valence electrons. The molecular weight excluding hydrogens is 340 g/mol. The predicted molar refractivity (Wildman–Crippen MR) is 108 cm³/mol. The van der Waals surface area contributed by atoms with Crippen LogP contribution in [0.5, 0.6) is 11.5 Å². The van der Waals surface area contributed by atoms with Crippen LogP contribution in [0.3, 0.4) is 0 Å². The highest BCUT2D eigenvalue weighted by atomic mass is 16.5. The van der Waals surface area contributed by atoms with Gasteiger partial charge < -0.3 is 20.1 Å². The lowest BCUT2D eigenvalue weighted by Gasteiger charge is -2.22. The highest BCUT2D eigenvalue weighted by Gasteiger charge is 2.16. The summed E-state index contributed by atoms with van der Waals surface area (Å²) >= 11 is 0. The van der Waals surface area contributed by atoms with Crippen LogP contribution in [0.2, 0.25) is 0 Å². The first-order valence-corrected chi connectivity index (χ1v) is 9.55. The molecule has 27 heavy (non-hydrogen) atoms. The maximum Gasteiger partial charge on any atom is 0.319 e. The number of urea groups is 1. The maximum absolute atomic E-state index is 12.5. The minimum atomic E-state index is -0.241. The van der Waals surface area contributed by atoms with Gasteiger partial charge in [-0.1, -0.05) is 25.1 Å². The van der Waals surface area contributed by atoms with Crippen LogP contribution in [0.4, 0.5) is 10.5 Å². The molecule has 5 heteroatoms. The van der Waals surface area contributed by atoms with Gasteiger partial charge >= 0.3 is 6.03 Å². The van der Waals surface area contributed by atoms with Crippen LogP contribution in [0.15, 0.2) is 36.4 Å². The number of amides is 2. The second-order valence-corrected chi connectivity index (χ2v) is 6.90. The molecule has 5 nitrogen and oxygen atoms in total. The largest absolute Gasteiger partial charge is 0.497 e. The van der Waals surface area contributed by atoms with Crippen LogP contribution in [0.25, 0.3) is 0 Å². The molecule has 0 spiro atoms. The number of anilines is 1. The van der Waals surface area contributed by atoms with Gasteiger partial charge in [-0.05, 0) is 48.8 Å². The first kappa shape index (κ1) is 19.1. The number of hydrogen-bond acceptors (Lipinski definition) is 3. The lowest BCUT2D eigenvalue weighted by Crippen LogP contribution is -2.32. The van der Waals surface area contributed by atoms with Crippen molar-refractivity contribution in [3.8, 4) is 11.5 Å². The molecule has 0 heterocycles. The standard InChI is InChI=1S/C22H28N2O3/c1-4-21(17-10-9-15-7-5-6-8-16(15)11-17)24-22(25)23-18-12-19(26-2)14-20(13-18)27-3/h9-14,21H,4-8H2,1-3H3,(H2,23,24,25). The zero-order chi connectivity index (χ0) is 19.2. The number of fused-ring (bicyclic) bond motifs is 1. The second kappa shape index (κ2) is 8.80. The Bertz CT molecular complexity index is 782. The van der Waals surface area contributed by atoms with Gasteiger partial charge in [0.2, 0.25) is 0 Å². The number of hydrogen-bond donors (Lipinski definition) is 2. The Balaban J connectivity index is 1.70. The molecule has 3 rings (SSSR count). The van der Waals surface area contributed by atoms with E-state index in [-0.39, 0.29) is 12.1 Å². The van der Waals surface area contributed by atoms with Crippen LogP contribution < -0.4 is 20.1 Å². The SMILES string of the molecule is CCC(NC(=O)Nc1cc(OC)cc(OC)c1)c1ccc2c(c1)CCCC2. The molecular formula is C22H28N2O3. The number of carbonyl (C=O) groups excluding carboxylic acids is 1. The van der Waals surface area contributed by atoms with E-state index in [1.807, 2.05) is 0 Å². The van der Waals surface area contributed by atoms with E-state index in [1.54, 1.807) is 32.4 Å². The van der Waals surface area contributed by atoms with Gasteiger partial charge in [0, 0.05) is 23.9 Å². The van der Waals surface area contributed by atoms with E-state index in [0.717, 1.165) is 24.8 Å². The molecule has 2 aromatic rings. The highest BCUT2D eigenvalue weighted by Crippen LogP contribution is 2.27. The zero-order valence-electron chi connectivity index (χ0n) is 16.3. The maximum atomic E-state index is 12.5. The minimum Gasteiger partial charge on any atom is -0.497 e. The van der Waals surface area contributed by atoms with Crippen molar-refractivity contribution < 1.29 is 14.3 Å². The summed E-state index contributed by atoms with van der Waals surface area (Å²) in [6.45, 7) is 2.08. The van der Waals surface area contributed by atoms with Crippen molar-refractivity contribution in [3.05, 3.63) is 53.1 Å². The third-order valence-electron chi connectivity index (χ3n) is 5.10. The van der Waals surface area contributed by atoms with Crippen molar-refractivity contribution >= 4 is 11.7 Å². The van der Waals surface area contributed by atoms with E-state index in [4.69, 9.17) is 9.47 Å². The number of rotatable bonds is 6. The fourth-order valence-corrected chi connectivity index (χ4v) is 3.60. The smallest absolute Gasteiger partial charge is 0.319 e. The first-order chi connectivity index (χ1) is 13.1. The minimum absolute atomic E-state index is 0.0234. The summed E-state index contributed by atoms with van der Waals surface area (Å²) in [6.07, 6.45) is 5.65. The Hall–Kier alpha value is -2.69. The van der Waals surface area contributed by atoms with Crippen molar-refractivity contribution in [2.45, 2.75) is 45.1 Å². The van der Waals surface area contributed by atoms with Crippen LogP contribution in [-0.4, -0.2) is 20.3 Å². The Morgan fingerprint density at radius 3 is 2.30 bits per heavy atom. The molecule has 1 aliphatic carbocycles. The molecule has 0 radical (unpaired) electrons. The van der Waals surface area contributed by atoms with Gasteiger partial charge in [0.15, 0.2) is 0 Å². The molecule has 0 aliphatic heterocycles. The van der Waals surface area contributed by atoms with E-state index in [9.17, 15) is 4.79 Å². The van der Waals surface area contributed by atoms with Crippen molar-refractivity contribution in [1.82, 2.24) is 5.32 Å². The van der Waals surface area contributed by atoms with Crippen molar-refractivity contribution in [2.75, 3.05) is 19.5 Å². The number of aryl methyl sites for hydroxylation is 2. The van der Waals surface area contributed by atoms with Gasteiger partial charge in [-0.3, -0.25) is 0 Å². The normalized spacial score (nSPS) is 14.0. The number of ether oxygens (including phenoxy) is 2. The molecule has 0 aromatic heterocycles. The Labute approximate surface area is 161 Å². The van der Waals surface area contributed by atoms with Gasteiger partial charge in [0.05, 0.1) is 20.3 Å². The van der Waals surface area contributed by atoms with Crippen LogP contribution in [0, 0.1) is 0 Å². The summed E-state index contributed by atoms with van der Waals surface area (Å²) in [6, 6.07) is 11.7. The summed E-state index contributed by atoms with van der Waals surface area (Å²) in [4.78, 5) is 12.5. The van der Waals surface area contributed by atoms with Crippen LogP contribution in [-0.2, 0) is 12.8 Å². The number of nitrogens with one attached hydrogen (secondary N) is 2. The van der Waals surface area contributed by atoms with Crippen LogP contribution in [0.1, 0.15) is 48.9 Å². The Kier molecular flexibility index (Phi) is 6.22. The van der Waals surface area contributed by atoms with Crippen LogP contribution >= 0.6 is 0 Å². The Morgan fingerprint density at radius 1 is 1.00 bits per heavy atom. The van der Waals surface area contributed by atoms with Crippen molar-refractivity contribution in [2.24, 2.45) is 0 Å². The fourth-order valence-electron chi connectivity index (χ4n) is 3.60. The number of methoxy groups -OCH3 is 2. The quantitative estimate of drug-likeness (QED) is 0.766.